The fraction of sp³-hybridized carbons (Fsp3) is 0.875. The summed E-state index contributed by atoms with van der Waals surface area (Å²) in [5, 5.41) is 3.24. The lowest BCUT2D eigenvalue weighted by molar-refractivity contribution is -0.139. The van der Waals surface area contributed by atoms with Gasteiger partial charge in [0.2, 0.25) is 11.8 Å². The molecule has 2 aliphatic heterocycles. The van der Waals surface area contributed by atoms with Crippen molar-refractivity contribution in [2.75, 3.05) is 46.3 Å². The van der Waals surface area contributed by atoms with Crippen molar-refractivity contribution in [2.45, 2.75) is 45.2 Å². The van der Waals surface area contributed by atoms with Gasteiger partial charge < -0.3 is 15.1 Å². The van der Waals surface area contributed by atoms with Gasteiger partial charge >= 0.3 is 0 Å². The highest BCUT2D eigenvalue weighted by molar-refractivity contribution is 5.85. The molecule has 0 radical (unpaired) electrons. The number of piperazine rings is 1. The molecule has 2 atom stereocenters. The Morgan fingerprint density at radius 3 is 2.13 bits per heavy atom. The number of hydrogen-bond donors (Lipinski definition) is 1. The summed E-state index contributed by atoms with van der Waals surface area (Å²) in [7, 11) is 1.86. The monoisotopic (exact) mass is 346 g/mol. The van der Waals surface area contributed by atoms with E-state index < -0.39 is 0 Å². The van der Waals surface area contributed by atoms with Crippen LogP contribution in [0.4, 0.5) is 0 Å². The molecular weight excluding hydrogens is 316 g/mol. The first-order valence-corrected chi connectivity index (χ1v) is 8.47. The van der Waals surface area contributed by atoms with Gasteiger partial charge in [-0.25, -0.2) is 0 Å². The number of nitrogens with one attached hydrogen (secondary N) is 1. The van der Waals surface area contributed by atoms with Gasteiger partial charge in [-0.15, -0.1) is 12.4 Å². The summed E-state index contributed by atoms with van der Waals surface area (Å²) < 4.78 is 0. The molecule has 2 aliphatic rings. The molecule has 0 aliphatic carbocycles. The Labute approximate surface area is 146 Å². The molecule has 2 unspecified atom stereocenters. The second-order valence-corrected chi connectivity index (χ2v) is 6.73. The molecule has 2 heterocycles. The maximum atomic E-state index is 12.5. The van der Waals surface area contributed by atoms with E-state index in [9.17, 15) is 9.59 Å². The Bertz CT molecular complexity index is 392. The molecule has 7 heteroatoms. The number of halogens is 1. The van der Waals surface area contributed by atoms with Crippen molar-refractivity contribution in [1.82, 2.24) is 20.0 Å². The number of rotatable bonds is 4. The standard InChI is InChI=1S/C16H30N4O2.ClH/c1-13-5-4-6-14(2)20(13)16(22)12-18(3)11-15(21)19-9-7-17-8-10-19;/h13-14,17H,4-12H2,1-3H3;1H. The molecule has 0 saturated carbocycles. The highest BCUT2D eigenvalue weighted by Crippen LogP contribution is 2.22. The third-order valence-electron chi connectivity index (χ3n) is 4.76. The van der Waals surface area contributed by atoms with Crippen LogP contribution in [0.5, 0.6) is 0 Å². The number of hydrogen-bond acceptors (Lipinski definition) is 4. The van der Waals surface area contributed by atoms with Crippen LogP contribution in [0.1, 0.15) is 33.1 Å². The molecule has 0 spiro atoms. The van der Waals surface area contributed by atoms with Crippen LogP contribution in [0.3, 0.4) is 0 Å². The predicted octanol–water partition coefficient (Wildman–Crippen LogP) is 0.561. The van der Waals surface area contributed by atoms with Crippen molar-refractivity contribution < 1.29 is 9.59 Å². The van der Waals surface area contributed by atoms with Gasteiger partial charge in [0.05, 0.1) is 13.1 Å². The SMILES string of the molecule is CC1CCCC(C)N1C(=O)CN(C)CC(=O)N1CCNCC1.Cl. The zero-order chi connectivity index (χ0) is 16.1. The second-order valence-electron chi connectivity index (χ2n) is 6.73. The maximum absolute atomic E-state index is 12.5. The third-order valence-corrected chi connectivity index (χ3v) is 4.76. The van der Waals surface area contributed by atoms with Gasteiger partial charge in [0, 0.05) is 38.3 Å². The zero-order valence-electron chi connectivity index (χ0n) is 14.6. The quantitative estimate of drug-likeness (QED) is 0.808. The Hall–Kier alpha value is -0.850. The molecular formula is C16H31ClN4O2. The van der Waals surface area contributed by atoms with E-state index in [2.05, 4.69) is 19.2 Å². The fourth-order valence-corrected chi connectivity index (χ4v) is 3.53. The molecule has 2 saturated heterocycles. The van der Waals surface area contributed by atoms with Gasteiger partial charge in [-0.3, -0.25) is 14.5 Å². The van der Waals surface area contributed by atoms with Crippen molar-refractivity contribution in [3.8, 4) is 0 Å². The molecule has 1 N–H and O–H groups in total. The lowest BCUT2D eigenvalue weighted by atomic mass is 9.97. The van der Waals surface area contributed by atoms with E-state index in [1.807, 2.05) is 21.7 Å². The van der Waals surface area contributed by atoms with Crippen LogP contribution in [0.2, 0.25) is 0 Å². The Morgan fingerprint density at radius 2 is 1.57 bits per heavy atom. The van der Waals surface area contributed by atoms with Crippen LogP contribution >= 0.6 is 12.4 Å². The molecule has 2 fully saturated rings. The third kappa shape index (κ3) is 5.62. The molecule has 2 rings (SSSR count). The first-order valence-electron chi connectivity index (χ1n) is 8.47. The minimum atomic E-state index is 0. The van der Waals surface area contributed by atoms with Crippen LogP contribution in [0, 0.1) is 0 Å². The average Bonchev–Trinajstić information content (AvgIpc) is 2.47. The van der Waals surface area contributed by atoms with E-state index in [0.717, 1.165) is 39.0 Å². The van der Waals surface area contributed by atoms with Gasteiger partial charge in [0.1, 0.15) is 0 Å². The Kier molecular flexibility index (Phi) is 8.29. The van der Waals surface area contributed by atoms with Crippen molar-refractivity contribution in [2.24, 2.45) is 0 Å². The molecule has 2 amide bonds. The fourth-order valence-electron chi connectivity index (χ4n) is 3.53. The largest absolute Gasteiger partial charge is 0.339 e. The number of piperidine rings is 1. The Morgan fingerprint density at radius 1 is 1.04 bits per heavy atom. The van der Waals surface area contributed by atoms with Gasteiger partial charge in [0.25, 0.3) is 0 Å². The summed E-state index contributed by atoms with van der Waals surface area (Å²) in [6.07, 6.45) is 3.36. The van der Waals surface area contributed by atoms with Gasteiger partial charge in [0.15, 0.2) is 0 Å². The van der Waals surface area contributed by atoms with Crippen LogP contribution in [-0.4, -0.2) is 84.9 Å². The van der Waals surface area contributed by atoms with E-state index >= 15 is 0 Å². The normalized spacial score (nSPS) is 25.2. The topological polar surface area (TPSA) is 55.9 Å². The smallest absolute Gasteiger partial charge is 0.237 e. The van der Waals surface area contributed by atoms with Crippen LogP contribution in [0.25, 0.3) is 0 Å². The Balaban J connectivity index is 0.00000264. The molecule has 0 aromatic carbocycles. The highest BCUT2D eigenvalue weighted by Gasteiger charge is 2.29. The molecule has 23 heavy (non-hydrogen) atoms. The first-order chi connectivity index (χ1) is 10.5. The zero-order valence-corrected chi connectivity index (χ0v) is 15.4. The number of likely N-dealkylation sites (tertiary alicyclic amines) is 1. The van der Waals surface area contributed by atoms with Crippen molar-refractivity contribution in [3.05, 3.63) is 0 Å². The minimum absolute atomic E-state index is 0. The summed E-state index contributed by atoms with van der Waals surface area (Å²) >= 11 is 0. The average molecular weight is 347 g/mol. The minimum Gasteiger partial charge on any atom is -0.339 e. The summed E-state index contributed by atoms with van der Waals surface area (Å²) in [5.74, 6) is 0.270. The number of carbonyl (C=O) groups excluding carboxylic acids is 2. The number of likely N-dealkylation sites (N-methyl/N-ethyl adjacent to an activating group) is 1. The van der Waals surface area contributed by atoms with Gasteiger partial charge in [-0.1, -0.05) is 0 Å². The second kappa shape index (κ2) is 9.45. The lowest BCUT2D eigenvalue weighted by Crippen LogP contribution is -2.52. The van der Waals surface area contributed by atoms with Crippen molar-refractivity contribution >= 4 is 24.2 Å². The maximum Gasteiger partial charge on any atom is 0.237 e. The molecule has 0 aromatic heterocycles. The first kappa shape index (κ1) is 20.2. The van der Waals surface area contributed by atoms with Crippen LogP contribution in [-0.2, 0) is 9.59 Å². The highest BCUT2D eigenvalue weighted by atomic mass is 35.5. The van der Waals surface area contributed by atoms with Crippen molar-refractivity contribution in [1.29, 1.82) is 0 Å². The van der Waals surface area contributed by atoms with E-state index in [-0.39, 0.29) is 24.2 Å². The van der Waals surface area contributed by atoms with E-state index in [1.54, 1.807) is 0 Å². The number of carbonyl (C=O) groups is 2. The molecule has 6 nitrogen and oxygen atoms in total. The molecule has 0 bridgehead atoms. The molecule has 0 aromatic rings. The van der Waals surface area contributed by atoms with Crippen LogP contribution < -0.4 is 5.32 Å². The van der Waals surface area contributed by atoms with E-state index in [0.29, 0.717) is 25.2 Å². The van der Waals surface area contributed by atoms with Crippen molar-refractivity contribution in [3.63, 3.8) is 0 Å². The van der Waals surface area contributed by atoms with Gasteiger partial charge in [-0.05, 0) is 40.2 Å². The summed E-state index contributed by atoms with van der Waals surface area (Å²) in [5.41, 5.74) is 0. The van der Waals surface area contributed by atoms with E-state index in [4.69, 9.17) is 0 Å². The molecule has 134 valence electrons. The summed E-state index contributed by atoms with van der Waals surface area (Å²) in [6.45, 7) is 8.14. The van der Waals surface area contributed by atoms with Gasteiger partial charge in [-0.2, -0.15) is 0 Å². The lowest BCUT2D eigenvalue weighted by Gasteiger charge is -2.40. The van der Waals surface area contributed by atoms with Crippen LogP contribution in [0.15, 0.2) is 0 Å². The van der Waals surface area contributed by atoms with E-state index in [1.165, 1.54) is 6.42 Å². The predicted molar refractivity (Wildman–Crippen MR) is 93.8 cm³/mol. The number of nitrogens with zero attached hydrogens (tertiary/aromatic N) is 3. The summed E-state index contributed by atoms with van der Waals surface area (Å²) in [6, 6.07) is 0.627. The summed E-state index contributed by atoms with van der Waals surface area (Å²) in [4.78, 5) is 30.5. The number of amides is 2.